The zero-order chi connectivity index (χ0) is 15.8. The second-order valence-corrected chi connectivity index (χ2v) is 5.46. The molecule has 5 atom stereocenters. The average Bonchev–Trinajstić information content (AvgIpc) is 2.78. The van der Waals surface area contributed by atoms with Crippen molar-refractivity contribution >= 4 is 11.9 Å². The van der Waals surface area contributed by atoms with Crippen LogP contribution in [0.1, 0.15) is 27.7 Å². The third-order valence-electron chi connectivity index (χ3n) is 3.14. The van der Waals surface area contributed by atoms with Gasteiger partial charge in [-0.1, -0.05) is 0 Å². The van der Waals surface area contributed by atoms with E-state index in [9.17, 15) is 14.0 Å². The van der Waals surface area contributed by atoms with E-state index in [1.165, 1.54) is 13.8 Å². The van der Waals surface area contributed by atoms with Crippen molar-refractivity contribution < 1.29 is 37.7 Å². The van der Waals surface area contributed by atoms with Gasteiger partial charge in [-0.3, -0.25) is 9.59 Å². The number of carbonyl (C=O) groups excluding carboxylic acids is 2. The summed E-state index contributed by atoms with van der Waals surface area (Å²) < 4.78 is 40.5. The second-order valence-electron chi connectivity index (χ2n) is 5.46. The first-order valence-electron chi connectivity index (χ1n) is 6.65. The first kappa shape index (κ1) is 16.1. The monoisotopic (exact) mass is 306 g/mol. The van der Waals surface area contributed by atoms with E-state index in [1.54, 1.807) is 13.8 Å². The number of hydrogen-bond donors (Lipinski definition) is 0. The molecule has 0 amide bonds. The van der Waals surface area contributed by atoms with Crippen molar-refractivity contribution in [3.05, 3.63) is 0 Å². The zero-order valence-electron chi connectivity index (χ0n) is 12.3. The van der Waals surface area contributed by atoms with Crippen LogP contribution in [0.15, 0.2) is 0 Å². The Morgan fingerprint density at radius 1 is 1.24 bits per heavy atom. The van der Waals surface area contributed by atoms with Crippen LogP contribution in [0.5, 0.6) is 0 Å². The molecule has 0 aromatic heterocycles. The lowest BCUT2D eigenvalue weighted by Gasteiger charge is -2.27. The number of alkyl halides is 1. The van der Waals surface area contributed by atoms with Gasteiger partial charge >= 0.3 is 11.9 Å². The second kappa shape index (κ2) is 5.86. The maximum absolute atomic E-state index is 14.4. The Kier molecular flexibility index (Phi) is 4.50. The third kappa shape index (κ3) is 3.69. The summed E-state index contributed by atoms with van der Waals surface area (Å²) in [5, 5.41) is 0. The highest BCUT2D eigenvalue weighted by atomic mass is 19.1. The number of esters is 2. The molecule has 2 fully saturated rings. The molecule has 8 heteroatoms. The van der Waals surface area contributed by atoms with Crippen LogP contribution in [0, 0.1) is 0 Å². The van der Waals surface area contributed by atoms with Gasteiger partial charge in [0.15, 0.2) is 24.4 Å². The zero-order valence-corrected chi connectivity index (χ0v) is 12.3. The van der Waals surface area contributed by atoms with E-state index < -0.39 is 48.5 Å². The van der Waals surface area contributed by atoms with Gasteiger partial charge in [-0.25, -0.2) is 4.39 Å². The summed E-state index contributed by atoms with van der Waals surface area (Å²) in [6.07, 6.45) is -5.51. The fourth-order valence-corrected chi connectivity index (χ4v) is 2.40. The molecule has 0 saturated carbocycles. The number of rotatable bonds is 4. The molecule has 0 aromatic carbocycles. The van der Waals surface area contributed by atoms with Crippen LogP contribution in [-0.2, 0) is 33.3 Å². The van der Waals surface area contributed by atoms with Gasteiger partial charge in [0.05, 0.1) is 0 Å². The minimum Gasteiger partial charge on any atom is -0.462 e. The van der Waals surface area contributed by atoms with Crippen LogP contribution in [0.2, 0.25) is 0 Å². The van der Waals surface area contributed by atoms with Crippen molar-refractivity contribution in [3.8, 4) is 0 Å². The number of halogens is 1. The molecule has 2 aliphatic rings. The fraction of sp³-hybridized carbons (Fsp3) is 0.846. The molecule has 0 aliphatic carbocycles. The third-order valence-corrected chi connectivity index (χ3v) is 3.14. The Balaban J connectivity index is 2.04. The van der Waals surface area contributed by atoms with Crippen LogP contribution in [0.25, 0.3) is 0 Å². The number of carbonyl (C=O) groups is 2. The van der Waals surface area contributed by atoms with Crippen LogP contribution >= 0.6 is 0 Å². The maximum atomic E-state index is 14.4. The van der Waals surface area contributed by atoms with Crippen molar-refractivity contribution in [1.29, 1.82) is 0 Å². The van der Waals surface area contributed by atoms with E-state index in [2.05, 4.69) is 0 Å². The van der Waals surface area contributed by atoms with Gasteiger partial charge in [0.1, 0.15) is 18.8 Å². The van der Waals surface area contributed by atoms with Gasteiger partial charge in [0.25, 0.3) is 0 Å². The molecule has 7 nitrogen and oxygen atoms in total. The van der Waals surface area contributed by atoms with E-state index in [4.69, 9.17) is 23.7 Å². The Morgan fingerprint density at radius 3 is 2.43 bits per heavy atom. The molecule has 0 aromatic rings. The van der Waals surface area contributed by atoms with Gasteiger partial charge in [0.2, 0.25) is 0 Å². The van der Waals surface area contributed by atoms with Gasteiger partial charge < -0.3 is 23.7 Å². The highest BCUT2D eigenvalue weighted by molar-refractivity contribution is 5.67. The van der Waals surface area contributed by atoms with Crippen molar-refractivity contribution in [3.63, 3.8) is 0 Å². The van der Waals surface area contributed by atoms with Crippen molar-refractivity contribution in [2.24, 2.45) is 0 Å². The van der Waals surface area contributed by atoms with Crippen LogP contribution in [0.3, 0.4) is 0 Å². The first-order valence-corrected chi connectivity index (χ1v) is 6.65. The van der Waals surface area contributed by atoms with Gasteiger partial charge in [0, 0.05) is 13.8 Å². The summed E-state index contributed by atoms with van der Waals surface area (Å²) in [6, 6.07) is 0. The number of ether oxygens (including phenoxy) is 5. The average molecular weight is 306 g/mol. The van der Waals surface area contributed by atoms with Gasteiger partial charge in [-0.2, -0.15) is 0 Å². The van der Waals surface area contributed by atoms with E-state index >= 15 is 0 Å². The van der Waals surface area contributed by atoms with Crippen molar-refractivity contribution in [2.45, 2.75) is 64.3 Å². The minimum atomic E-state index is -1.56. The van der Waals surface area contributed by atoms with Gasteiger partial charge in [-0.15, -0.1) is 0 Å². The Labute approximate surface area is 121 Å². The summed E-state index contributed by atoms with van der Waals surface area (Å²) >= 11 is 0. The first-order chi connectivity index (χ1) is 9.69. The maximum Gasteiger partial charge on any atom is 0.303 e. The molecule has 21 heavy (non-hydrogen) atoms. The van der Waals surface area contributed by atoms with E-state index in [0.29, 0.717) is 0 Å². The molecule has 2 heterocycles. The molecule has 0 spiro atoms. The molecule has 0 radical (unpaired) electrons. The molecule has 0 N–H and O–H groups in total. The highest BCUT2D eigenvalue weighted by Gasteiger charge is 2.57. The summed E-state index contributed by atoms with van der Waals surface area (Å²) in [5.74, 6) is -2.12. The largest absolute Gasteiger partial charge is 0.462 e. The molecule has 2 saturated heterocycles. The molecule has 2 aliphatic heterocycles. The van der Waals surface area contributed by atoms with E-state index in [1.807, 2.05) is 0 Å². The molecule has 120 valence electrons. The van der Waals surface area contributed by atoms with Crippen molar-refractivity contribution in [2.75, 3.05) is 6.61 Å². The molecule has 0 bridgehead atoms. The smallest absolute Gasteiger partial charge is 0.303 e. The number of hydrogen-bond acceptors (Lipinski definition) is 7. The normalized spacial score (nSPS) is 35.1. The fourth-order valence-electron chi connectivity index (χ4n) is 2.40. The summed E-state index contributed by atoms with van der Waals surface area (Å²) in [6.45, 7) is 5.40. The quantitative estimate of drug-likeness (QED) is 0.707. The summed E-state index contributed by atoms with van der Waals surface area (Å²) in [7, 11) is 0. The van der Waals surface area contributed by atoms with E-state index in [0.717, 1.165) is 0 Å². The Bertz CT molecular complexity index is 425. The molecule has 0 unspecified atom stereocenters. The number of fused-ring (bicyclic) bond motifs is 1. The minimum absolute atomic E-state index is 0.289. The summed E-state index contributed by atoms with van der Waals surface area (Å²) in [4.78, 5) is 22.0. The van der Waals surface area contributed by atoms with Gasteiger partial charge in [-0.05, 0) is 13.8 Å². The Morgan fingerprint density at radius 2 is 1.90 bits per heavy atom. The van der Waals surface area contributed by atoms with Crippen LogP contribution < -0.4 is 0 Å². The molecular weight excluding hydrogens is 287 g/mol. The predicted molar refractivity (Wildman–Crippen MR) is 65.8 cm³/mol. The standard InChI is InChI=1S/C13H19FO7/c1-6(15)17-5-8(18-7(2)16)10-9(14)11-12(19-10)21-13(3,4)20-11/h8-12H,5H2,1-4H3/t8-,9+,10-,11-,12-/m1/s1. The SMILES string of the molecule is CC(=O)OC[C@@H](OC(C)=O)[C@H]1O[C@@H]2OC(C)(C)O[C@@H]2[C@H]1F. The topological polar surface area (TPSA) is 80.3 Å². The molecular formula is C13H19FO7. The lowest BCUT2D eigenvalue weighted by molar-refractivity contribution is -0.227. The lowest BCUT2D eigenvalue weighted by Crippen LogP contribution is -2.43. The lowest BCUT2D eigenvalue weighted by atomic mass is 10.1. The van der Waals surface area contributed by atoms with E-state index in [-0.39, 0.29) is 6.61 Å². The highest BCUT2D eigenvalue weighted by Crippen LogP contribution is 2.40. The molecule has 2 rings (SSSR count). The predicted octanol–water partition coefficient (Wildman–Crippen LogP) is 0.696. The Hall–Kier alpha value is -1.25. The van der Waals surface area contributed by atoms with Crippen molar-refractivity contribution in [1.82, 2.24) is 0 Å². The van der Waals surface area contributed by atoms with Crippen LogP contribution in [0.4, 0.5) is 4.39 Å². The summed E-state index contributed by atoms with van der Waals surface area (Å²) in [5.41, 5.74) is 0. The van der Waals surface area contributed by atoms with Crippen LogP contribution in [-0.4, -0.2) is 55.1 Å².